The first-order valence-corrected chi connectivity index (χ1v) is 4.99. The van der Waals surface area contributed by atoms with E-state index in [4.69, 9.17) is 0 Å². The summed E-state index contributed by atoms with van der Waals surface area (Å²) < 4.78 is 0. The molecular formula is C10H21N. The average Bonchev–Trinajstić information content (AvgIpc) is 1.82. The van der Waals surface area contributed by atoms with Crippen molar-refractivity contribution >= 4 is 0 Å². The first kappa shape index (κ1) is 9.05. The van der Waals surface area contributed by atoms with Gasteiger partial charge in [-0.3, -0.25) is 0 Å². The molecule has 0 aromatic rings. The maximum atomic E-state index is 3.31. The first-order valence-electron chi connectivity index (χ1n) is 4.99. The van der Waals surface area contributed by atoms with E-state index in [1.807, 2.05) is 0 Å². The Labute approximate surface area is 70.6 Å². The van der Waals surface area contributed by atoms with Gasteiger partial charge >= 0.3 is 0 Å². The molecule has 1 saturated heterocycles. The molecule has 66 valence electrons. The van der Waals surface area contributed by atoms with Crippen LogP contribution in [0.3, 0.4) is 0 Å². The highest BCUT2D eigenvalue weighted by atomic mass is 14.9. The van der Waals surface area contributed by atoms with Gasteiger partial charge in [-0.2, -0.15) is 0 Å². The molecule has 0 unspecified atom stereocenters. The Morgan fingerprint density at radius 3 is 2.45 bits per heavy atom. The van der Waals surface area contributed by atoms with Crippen LogP contribution in [0, 0.1) is 11.8 Å². The van der Waals surface area contributed by atoms with Crippen molar-refractivity contribution in [3.8, 4) is 0 Å². The zero-order chi connectivity index (χ0) is 8.10. The lowest BCUT2D eigenvalue weighted by molar-refractivity contribution is 0.314. The molecule has 0 aromatic heterocycles. The Hall–Kier alpha value is -0.0400. The standard InChI is InChI=1S/C10H21N/c1-9(2)5-3-4-6-10-7-11-8-10/h9-11H,3-8H2,1-2H3. The topological polar surface area (TPSA) is 12.0 Å². The van der Waals surface area contributed by atoms with Gasteiger partial charge in [0.2, 0.25) is 0 Å². The van der Waals surface area contributed by atoms with Crippen LogP contribution < -0.4 is 5.32 Å². The van der Waals surface area contributed by atoms with Crippen LogP contribution in [0.1, 0.15) is 39.5 Å². The predicted octanol–water partition coefficient (Wildman–Crippen LogP) is 2.42. The van der Waals surface area contributed by atoms with Crippen LogP contribution in [-0.2, 0) is 0 Å². The monoisotopic (exact) mass is 155 g/mol. The van der Waals surface area contributed by atoms with Crippen molar-refractivity contribution < 1.29 is 0 Å². The lowest BCUT2D eigenvalue weighted by Gasteiger charge is -2.26. The molecule has 1 N–H and O–H groups in total. The zero-order valence-corrected chi connectivity index (χ0v) is 7.90. The molecule has 0 atom stereocenters. The summed E-state index contributed by atoms with van der Waals surface area (Å²) in [5, 5.41) is 3.31. The summed E-state index contributed by atoms with van der Waals surface area (Å²) in [7, 11) is 0. The van der Waals surface area contributed by atoms with E-state index in [0.717, 1.165) is 11.8 Å². The van der Waals surface area contributed by atoms with Gasteiger partial charge in [0.1, 0.15) is 0 Å². The molecule has 11 heavy (non-hydrogen) atoms. The van der Waals surface area contributed by atoms with Crippen LogP contribution >= 0.6 is 0 Å². The minimum Gasteiger partial charge on any atom is -0.316 e. The van der Waals surface area contributed by atoms with Gasteiger partial charge in [0.05, 0.1) is 0 Å². The average molecular weight is 155 g/mol. The molecule has 0 aliphatic carbocycles. The maximum Gasteiger partial charge on any atom is -0.000826 e. The summed E-state index contributed by atoms with van der Waals surface area (Å²) in [6.45, 7) is 7.18. The van der Waals surface area contributed by atoms with E-state index in [0.29, 0.717) is 0 Å². The molecule has 1 aliphatic rings. The lowest BCUT2D eigenvalue weighted by Crippen LogP contribution is -2.41. The quantitative estimate of drug-likeness (QED) is 0.601. The van der Waals surface area contributed by atoms with E-state index in [1.165, 1.54) is 38.8 Å². The normalized spacial score (nSPS) is 18.8. The minimum absolute atomic E-state index is 0.898. The van der Waals surface area contributed by atoms with E-state index >= 15 is 0 Å². The van der Waals surface area contributed by atoms with Crippen LogP contribution in [0.25, 0.3) is 0 Å². The maximum absolute atomic E-state index is 3.31. The number of hydrogen-bond acceptors (Lipinski definition) is 1. The molecule has 1 rings (SSSR count). The smallest absolute Gasteiger partial charge is 0.000826 e. The fraction of sp³-hybridized carbons (Fsp3) is 1.00. The molecule has 0 aromatic carbocycles. The van der Waals surface area contributed by atoms with Gasteiger partial charge in [-0.1, -0.05) is 33.1 Å². The second kappa shape index (κ2) is 4.76. The summed E-state index contributed by atoms with van der Waals surface area (Å²) >= 11 is 0. The third-order valence-electron chi connectivity index (χ3n) is 2.51. The molecule has 1 heterocycles. The predicted molar refractivity (Wildman–Crippen MR) is 49.7 cm³/mol. The van der Waals surface area contributed by atoms with Crippen molar-refractivity contribution in [3.63, 3.8) is 0 Å². The summed E-state index contributed by atoms with van der Waals surface area (Å²) in [5.74, 6) is 1.91. The highest BCUT2D eigenvalue weighted by molar-refractivity contribution is 4.73. The van der Waals surface area contributed by atoms with Crippen molar-refractivity contribution in [2.24, 2.45) is 11.8 Å². The van der Waals surface area contributed by atoms with Crippen molar-refractivity contribution in [3.05, 3.63) is 0 Å². The van der Waals surface area contributed by atoms with Gasteiger partial charge in [-0.25, -0.2) is 0 Å². The van der Waals surface area contributed by atoms with Gasteiger partial charge in [-0.15, -0.1) is 0 Å². The van der Waals surface area contributed by atoms with Crippen LogP contribution in [0.4, 0.5) is 0 Å². The van der Waals surface area contributed by atoms with Crippen LogP contribution in [-0.4, -0.2) is 13.1 Å². The van der Waals surface area contributed by atoms with E-state index in [2.05, 4.69) is 19.2 Å². The van der Waals surface area contributed by atoms with E-state index in [-0.39, 0.29) is 0 Å². The number of rotatable bonds is 5. The molecule has 0 spiro atoms. The fourth-order valence-corrected chi connectivity index (χ4v) is 1.54. The molecule has 0 radical (unpaired) electrons. The lowest BCUT2D eigenvalue weighted by atomic mass is 9.95. The minimum atomic E-state index is 0.898. The second-order valence-corrected chi connectivity index (χ2v) is 4.20. The van der Waals surface area contributed by atoms with Crippen molar-refractivity contribution in [2.75, 3.05) is 13.1 Å². The third kappa shape index (κ3) is 3.76. The molecule has 0 bridgehead atoms. The highest BCUT2D eigenvalue weighted by Crippen LogP contribution is 2.15. The Morgan fingerprint density at radius 2 is 2.00 bits per heavy atom. The zero-order valence-electron chi connectivity index (χ0n) is 7.90. The second-order valence-electron chi connectivity index (χ2n) is 4.20. The van der Waals surface area contributed by atoms with Crippen LogP contribution in [0.15, 0.2) is 0 Å². The van der Waals surface area contributed by atoms with Crippen molar-refractivity contribution in [2.45, 2.75) is 39.5 Å². The summed E-state index contributed by atoms with van der Waals surface area (Å²) in [6, 6.07) is 0. The SMILES string of the molecule is CC(C)CCCCC1CNC1. The van der Waals surface area contributed by atoms with Crippen LogP contribution in [0.5, 0.6) is 0 Å². The fourth-order valence-electron chi connectivity index (χ4n) is 1.54. The van der Waals surface area contributed by atoms with E-state index in [1.54, 1.807) is 0 Å². The van der Waals surface area contributed by atoms with E-state index in [9.17, 15) is 0 Å². The van der Waals surface area contributed by atoms with Crippen molar-refractivity contribution in [1.82, 2.24) is 5.32 Å². The first-order chi connectivity index (χ1) is 5.29. The van der Waals surface area contributed by atoms with Gasteiger partial charge in [0.15, 0.2) is 0 Å². The molecule has 1 aliphatic heterocycles. The molecule has 1 heteroatoms. The molecule has 1 fully saturated rings. The molecule has 0 saturated carbocycles. The summed E-state index contributed by atoms with van der Waals surface area (Å²) in [5.41, 5.74) is 0. The number of hydrogen-bond donors (Lipinski definition) is 1. The largest absolute Gasteiger partial charge is 0.316 e. The Balaban J connectivity index is 1.80. The Bertz CT molecular complexity index is 95.0. The molecular weight excluding hydrogens is 134 g/mol. The van der Waals surface area contributed by atoms with Crippen molar-refractivity contribution in [1.29, 1.82) is 0 Å². The number of unbranched alkanes of at least 4 members (excludes halogenated alkanes) is 1. The van der Waals surface area contributed by atoms with Crippen LogP contribution in [0.2, 0.25) is 0 Å². The molecule has 0 amide bonds. The highest BCUT2D eigenvalue weighted by Gasteiger charge is 2.15. The van der Waals surface area contributed by atoms with Gasteiger partial charge in [0.25, 0.3) is 0 Å². The molecule has 1 nitrogen and oxygen atoms in total. The van der Waals surface area contributed by atoms with Gasteiger partial charge < -0.3 is 5.32 Å². The van der Waals surface area contributed by atoms with Gasteiger partial charge in [-0.05, 0) is 31.3 Å². The van der Waals surface area contributed by atoms with E-state index < -0.39 is 0 Å². The third-order valence-corrected chi connectivity index (χ3v) is 2.51. The number of nitrogens with one attached hydrogen (secondary N) is 1. The van der Waals surface area contributed by atoms with Gasteiger partial charge in [0, 0.05) is 0 Å². The Morgan fingerprint density at radius 1 is 1.27 bits per heavy atom. The summed E-state index contributed by atoms with van der Waals surface area (Å²) in [4.78, 5) is 0. The summed E-state index contributed by atoms with van der Waals surface area (Å²) in [6.07, 6.45) is 5.76. The Kier molecular flexibility index (Phi) is 3.92.